The van der Waals surface area contributed by atoms with E-state index in [0.717, 1.165) is 25.9 Å². The van der Waals surface area contributed by atoms with Gasteiger partial charge >= 0.3 is 41.8 Å². The molecule has 2 heterocycles. The van der Waals surface area contributed by atoms with Gasteiger partial charge in [0.15, 0.2) is 0 Å². The highest BCUT2D eigenvalue weighted by molar-refractivity contribution is 6.60. The van der Waals surface area contributed by atoms with E-state index in [1.54, 1.807) is 37.5 Å². The largest absolute Gasteiger partial charge is 0.482 e. The number of hydrogen-bond acceptors (Lipinski definition) is 14. The van der Waals surface area contributed by atoms with Crippen LogP contribution in [0.4, 0.5) is 9.59 Å². The van der Waals surface area contributed by atoms with Crippen molar-refractivity contribution in [3.63, 3.8) is 0 Å². The molecule has 4 aliphatic rings. The normalized spacial score (nSPS) is 19.0. The summed E-state index contributed by atoms with van der Waals surface area (Å²) >= 11 is 0. The van der Waals surface area contributed by atoms with Crippen LogP contribution in [0.5, 0.6) is 0 Å². The van der Waals surface area contributed by atoms with Crippen molar-refractivity contribution in [2.24, 2.45) is 10.8 Å². The molecule has 2 spiro atoms. The minimum Gasteiger partial charge on any atom is -0.464 e. The van der Waals surface area contributed by atoms with E-state index in [1.807, 2.05) is 41.5 Å². The molecule has 2 amide bonds. The highest BCUT2D eigenvalue weighted by Gasteiger charge is 2.56. The summed E-state index contributed by atoms with van der Waals surface area (Å²) in [7, 11) is 0. The van der Waals surface area contributed by atoms with Crippen LogP contribution < -0.4 is 0 Å². The summed E-state index contributed by atoms with van der Waals surface area (Å²) in [6, 6.07) is 0. The molecule has 1 N–H and O–H groups in total. The standard InChI is InChI=1S/C18H29NO7.C11H19NO3.C7H10N2O4/c1-6-23-14(20)13(15(21)24-7-2)25-12-8-18(9-12)10-19(11-18)16(22)26-17(3,4)5;1-10(2,3)15-9(14)12-6-11(7-12)4-8(13)5-11;1-3-12-6(10)5(9-8)7(11)13-4-2/h12-13H,6-11H2,1-5H3;8,13H,4-7H2,1-3H3;3-4H2,1-2H3. The van der Waals surface area contributed by atoms with E-state index >= 15 is 0 Å². The molecule has 0 atom stereocenters. The highest BCUT2D eigenvalue weighted by Crippen LogP contribution is 2.50. The smallest absolute Gasteiger partial charge is 0.464 e. The average molecular weight is 771 g/mol. The van der Waals surface area contributed by atoms with E-state index in [4.69, 9.17) is 29.2 Å². The van der Waals surface area contributed by atoms with Gasteiger partial charge in [0.2, 0.25) is 0 Å². The minimum atomic E-state index is -1.35. The molecule has 54 heavy (non-hydrogen) atoms. The van der Waals surface area contributed by atoms with Crippen LogP contribution in [0, 0.1) is 10.8 Å². The molecule has 306 valence electrons. The Balaban J connectivity index is 0.000000306. The number of hydrogen-bond donors (Lipinski definition) is 1. The van der Waals surface area contributed by atoms with Crippen molar-refractivity contribution in [1.82, 2.24) is 9.80 Å². The first-order chi connectivity index (χ1) is 25.1. The molecule has 0 aromatic rings. The van der Waals surface area contributed by atoms with Crippen molar-refractivity contribution >= 4 is 41.8 Å². The molecular formula is C36H58N4O14. The van der Waals surface area contributed by atoms with E-state index in [1.165, 1.54) is 0 Å². The van der Waals surface area contributed by atoms with E-state index < -0.39 is 46.9 Å². The summed E-state index contributed by atoms with van der Waals surface area (Å²) < 4.78 is 34.9. The van der Waals surface area contributed by atoms with Gasteiger partial charge in [-0.2, -0.15) is 4.79 Å². The number of carbonyl (C=O) groups excluding carboxylic acids is 6. The van der Waals surface area contributed by atoms with Gasteiger partial charge in [-0.3, -0.25) is 0 Å². The Morgan fingerprint density at radius 1 is 0.667 bits per heavy atom. The molecule has 2 saturated heterocycles. The lowest BCUT2D eigenvalue weighted by atomic mass is 9.62. The topological polar surface area (TPSA) is 230 Å². The average Bonchev–Trinajstić information content (AvgIpc) is 2.96. The molecule has 0 aromatic carbocycles. The molecule has 4 rings (SSSR count). The zero-order chi connectivity index (χ0) is 41.1. The van der Waals surface area contributed by atoms with Crippen LogP contribution in [-0.2, 0) is 52.3 Å². The Hall–Kier alpha value is -4.28. The number of nitrogens with zero attached hydrogens (tertiary/aromatic N) is 4. The van der Waals surface area contributed by atoms with Crippen LogP contribution in [0.2, 0.25) is 0 Å². The Bertz CT molecular complexity index is 1350. The van der Waals surface area contributed by atoms with Gasteiger partial charge in [0.1, 0.15) is 11.2 Å². The van der Waals surface area contributed by atoms with Crippen LogP contribution in [0.3, 0.4) is 0 Å². The summed E-state index contributed by atoms with van der Waals surface area (Å²) in [4.78, 5) is 75.1. The Labute approximate surface area is 316 Å². The van der Waals surface area contributed by atoms with E-state index in [9.17, 15) is 33.9 Å². The van der Waals surface area contributed by atoms with Gasteiger partial charge in [0, 0.05) is 37.0 Å². The lowest BCUT2D eigenvalue weighted by Crippen LogP contribution is -2.66. The van der Waals surface area contributed by atoms with Crippen molar-refractivity contribution in [3.05, 3.63) is 5.53 Å². The van der Waals surface area contributed by atoms with Gasteiger partial charge in [0.25, 0.3) is 6.10 Å². The summed E-state index contributed by atoms with van der Waals surface area (Å²) in [6.45, 7) is 20.8. The van der Waals surface area contributed by atoms with Crippen LogP contribution in [0.1, 0.15) is 94.9 Å². The fraction of sp³-hybridized carbons (Fsp3) is 0.806. The third kappa shape index (κ3) is 13.5. The maximum Gasteiger partial charge on any atom is 0.482 e. The summed E-state index contributed by atoms with van der Waals surface area (Å²) in [6.07, 6.45) is 0.777. The van der Waals surface area contributed by atoms with Gasteiger partial charge in [-0.1, -0.05) is 0 Å². The summed E-state index contributed by atoms with van der Waals surface area (Å²) in [5, 5.41) is 9.23. The predicted octanol–water partition coefficient (Wildman–Crippen LogP) is 3.06. The van der Waals surface area contributed by atoms with Crippen LogP contribution >= 0.6 is 0 Å². The molecule has 18 heteroatoms. The number of carbonyl (C=O) groups is 6. The van der Waals surface area contributed by atoms with Gasteiger partial charge in [-0.05, 0) is 94.9 Å². The van der Waals surface area contributed by atoms with E-state index in [2.05, 4.69) is 14.3 Å². The number of aliphatic hydroxyl groups excluding tert-OH is 1. The van der Waals surface area contributed by atoms with Crippen molar-refractivity contribution in [2.75, 3.05) is 52.6 Å². The zero-order valence-corrected chi connectivity index (χ0v) is 33.3. The lowest BCUT2D eigenvalue weighted by molar-refractivity contribution is -0.197. The summed E-state index contributed by atoms with van der Waals surface area (Å²) in [5.74, 6) is -3.45. The van der Waals surface area contributed by atoms with Crippen LogP contribution in [-0.4, -0.2) is 144 Å². The van der Waals surface area contributed by atoms with Gasteiger partial charge in [0.05, 0.1) is 38.6 Å². The lowest BCUT2D eigenvalue weighted by Gasteiger charge is -2.58. The molecule has 2 aliphatic carbocycles. The van der Waals surface area contributed by atoms with E-state index in [0.29, 0.717) is 25.9 Å². The van der Waals surface area contributed by atoms with Crippen molar-refractivity contribution < 1.29 is 71.8 Å². The van der Waals surface area contributed by atoms with Crippen LogP contribution in [0.15, 0.2) is 0 Å². The third-order valence-electron chi connectivity index (χ3n) is 8.43. The first-order valence-electron chi connectivity index (χ1n) is 18.2. The number of esters is 4. The third-order valence-corrected chi connectivity index (χ3v) is 8.43. The number of ether oxygens (including phenoxy) is 7. The number of amides is 2. The number of likely N-dealkylation sites (tertiary alicyclic amines) is 2. The monoisotopic (exact) mass is 770 g/mol. The molecular weight excluding hydrogens is 712 g/mol. The quantitative estimate of drug-likeness (QED) is 0.0841. The zero-order valence-electron chi connectivity index (χ0n) is 33.3. The van der Waals surface area contributed by atoms with Crippen molar-refractivity contribution in [3.8, 4) is 0 Å². The molecule has 0 unspecified atom stereocenters. The fourth-order valence-corrected chi connectivity index (χ4v) is 6.30. The second kappa shape index (κ2) is 19.4. The number of aliphatic hydroxyl groups is 1. The molecule has 0 aromatic heterocycles. The Morgan fingerprint density at radius 2 is 1.02 bits per heavy atom. The molecule has 4 fully saturated rings. The first kappa shape index (κ1) is 45.9. The molecule has 2 saturated carbocycles. The Kier molecular flexibility index (Phi) is 16.4. The molecule has 18 nitrogen and oxygen atoms in total. The van der Waals surface area contributed by atoms with Crippen molar-refractivity contribution in [2.45, 2.75) is 124 Å². The molecule has 2 aliphatic heterocycles. The van der Waals surface area contributed by atoms with Gasteiger partial charge < -0.3 is 53.6 Å². The van der Waals surface area contributed by atoms with E-state index in [-0.39, 0.29) is 61.7 Å². The maximum absolute atomic E-state index is 12.0. The highest BCUT2D eigenvalue weighted by atomic mass is 16.6. The SMILES string of the molecule is CC(C)(C)OC(=O)N1CC2(CC(O)C2)C1.CCOC(=O)C(=[N+]=[N-])C(=O)OCC.CCOC(=O)C(OC1CC2(C1)CN(C(=O)OC(C)(C)C)C2)C(=O)OCC. The maximum atomic E-state index is 12.0. The minimum absolute atomic E-state index is 0.00452. The summed E-state index contributed by atoms with van der Waals surface area (Å²) in [5.41, 5.74) is 6.84. The second-order valence-electron chi connectivity index (χ2n) is 15.7. The number of rotatable bonds is 10. The Morgan fingerprint density at radius 3 is 1.31 bits per heavy atom. The first-order valence-corrected chi connectivity index (χ1v) is 18.2. The van der Waals surface area contributed by atoms with Gasteiger partial charge in [-0.25, -0.2) is 28.8 Å². The van der Waals surface area contributed by atoms with Crippen LogP contribution in [0.25, 0.3) is 5.53 Å². The molecule has 0 radical (unpaired) electrons. The van der Waals surface area contributed by atoms with Crippen molar-refractivity contribution in [1.29, 1.82) is 0 Å². The fourth-order valence-electron chi connectivity index (χ4n) is 6.30. The van der Waals surface area contributed by atoms with Gasteiger partial charge in [-0.15, -0.1) is 0 Å². The molecule has 0 bridgehead atoms. The predicted molar refractivity (Wildman–Crippen MR) is 189 cm³/mol. The second-order valence-corrected chi connectivity index (χ2v) is 15.7.